The monoisotopic (exact) mass is 247 g/mol. The number of fused-ring (bicyclic) bond motifs is 1. The summed E-state index contributed by atoms with van der Waals surface area (Å²) in [5.41, 5.74) is -0.179. The van der Waals surface area contributed by atoms with Crippen LogP contribution in [0.15, 0.2) is 12.2 Å². The van der Waals surface area contributed by atoms with Crippen molar-refractivity contribution in [3.63, 3.8) is 0 Å². The summed E-state index contributed by atoms with van der Waals surface area (Å²) >= 11 is 0. The van der Waals surface area contributed by atoms with Gasteiger partial charge in [-0.25, -0.2) is 6.57 Å². The van der Waals surface area contributed by atoms with Gasteiger partial charge in [0.05, 0.1) is 18.3 Å². The first-order chi connectivity index (χ1) is 8.63. The molecule has 6 atom stereocenters. The summed E-state index contributed by atoms with van der Waals surface area (Å²) in [6.07, 6.45) is 9.23. The zero-order valence-electron chi connectivity index (χ0n) is 11.1. The third-order valence-electron chi connectivity index (χ3n) is 4.63. The summed E-state index contributed by atoms with van der Waals surface area (Å²) in [4.78, 5) is 3.58. The Balaban J connectivity index is 1.74. The fraction of sp³-hybridized carbons (Fsp3) is 0.800. The van der Waals surface area contributed by atoms with Crippen LogP contribution in [0.1, 0.15) is 39.5 Å². The first-order valence-corrected chi connectivity index (χ1v) is 7.02. The first-order valence-electron chi connectivity index (χ1n) is 7.02. The minimum absolute atomic E-state index is 0.0626. The van der Waals surface area contributed by atoms with Crippen LogP contribution < -0.4 is 0 Å². The van der Waals surface area contributed by atoms with Crippen molar-refractivity contribution in [2.75, 3.05) is 0 Å². The van der Waals surface area contributed by atoms with E-state index in [1.165, 1.54) is 0 Å². The lowest BCUT2D eigenvalue weighted by atomic mass is 9.80. The van der Waals surface area contributed by atoms with E-state index in [1.807, 2.05) is 6.92 Å². The fourth-order valence-electron chi connectivity index (χ4n) is 3.53. The van der Waals surface area contributed by atoms with Crippen molar-refractivity contribution >= 4 is 0 Å². The van der Waals surface area contributed by atoms with Crippen LogP contribution in [-0.4, -0.2) is 30.0 Å². The molecule has 0 N–H and O–H groups in total. The van der Waals surface area contributed by atoms with Gasteiger partial charge in [0.25, 0.3) is 0 Å². The Labute approximate surface area is 109 Å². The molecule has 3 aliphatic rings. The molecule has 0 amide bonds. The summed E-state index contributed by atoms with van der Waals surface area (Å²) < 4.78 is 12.5. The Morgan fingerprint density at radius 2 is 2.33 bits per heavy atom. The van der Waals surface area contributed by atoms with Gasteiger partial charge < -0.3 is 14.3 Å². The van der Waals surface area contributed by atoms with E-state index in [1.54, 1.807) is 0 Å². The van der Waals surface area contributed by atoms with Crippen molar-refractivity contribution in [2.24, 2.45) is 5.92 Å². The molecule has 0 aromatic heterocycles. The van der Waals surface area contributed by atoms with Gasteiger partial charge in [0, 0.05) is 25.7 Å². The molecule has 0 radical (unpaired) electrons. The molecule has 3 rings (SSSR count). The summed E-state index contributed by atoms with van der Waals surface area (Å²) in [6, 6.07) is 0.0626. The van der Waals surface area contributed by atoms with Crippen LogP contribution in [0.4, 0.5) is 0 Å². The van der Waals surface area contributed by atoms with Gasteiger partial charge in [0.1, 0.15) is 5.60 Å². The zero-order valence-corrected chi connectivity index (χ0v) is 11.1. The maximum Gasteiger partial charge on any atom is 0.223 e. The van der Waals surface area contributed by atoms with Gasteiger partial charge in [-0.15, -0.1) is 0 Å². The Kier molecular flexibility index (Phi) is 2.96. The van der Waals surface area contributed by atoms with E-state index in [2.05, 4.69) is 23.9 Å². The smallest absolute Gasteiger partial charge is 0.223 e. The lowest BCUT2D eigenvalue weighted by Crippen LogP contribution is -2.47. The molecule has 2 heterocycles. The van der Waals surface area contributed by atoms with Crippen LogP contribution >= 0.6 is 0 Å². The molecule has 98 valence electrons. The van der Waals surface area contributed by atoms with E-state index < -0.39 is 0 Å². The molecule has 1 unspecified atom stereocenters. The highest BCUT2D eigenvalue weighted by Gasteiger charge is 2.54. The molecule has 3 heteroatoms. The second kappa shape index (κ2) is 4.36. The highest BCUT2D eigenvalue weighted by atomic mass is 16.6. The van der Waals surface area contributed by atoms with Gasteiger partial charge in [-0.2, -0.15) is 0 Å². The van der Waals surface area contributed by atoms with Gasteiger partial charge in [-0.1, -0.05) is 19.1 Å². The number of rotatable bonds is 2. The molecule has 2 fully saturated rings. The van der Waals surface area contributed by atoms with Gasteiger partial charge in [0.15, 0.2) is 0 Å². The Bertz CT molecular complexity index is 400. The number of hydrogen-bond acceptors (Lipinski definition) is 2. The predicted molar refractivity (Wildman–Crippen MR) is 69.1 cm³/mol. The summed E-state index contributed by atoms with van der Waals surface area (Å²) in [5.74, 6) is 0.505. The van der Waals surface area contributed by atoms with Crippen LogP contribution in [-0.2, 0) is 9.47 Å². The normalized spacial score (nSPS) is 47.4. The standard InChI is InChI=1S/C15H21NO2/c1-10-6-7-15-9-13(10)17-14(15)5-4-12(18-15)8-11(2)16-3/h6-7,10-14H,4-5,8-9H2,1-2H3/t10-,11-,12?,13-,14+,15+/m1/s1. The van der Waals surface area contributed by atoms with E-state index in [9.17, 15) is 0 Å². The maximum atomic E-state index is 7.07. The van der Waals surface area contributed by atoms with Crippen molar-refractivity contribution in [2.45, 2.75) is 69.5 Å². The summed E-state index contributed by atoms with van der Waals surface area (Å²) in [6.45, 7) is 11.3. The van der Waals surface area contributed by atoms with Crippen LogP contribution in [0.3, 0.4) is 0 Å². The van der Waals surface area contributed by atoms with Crippen molar-refractivity contribution in [3.05, 3.63) is 23.6 Å². The molecular weight excluding hydrogens is 226 g/mol. The largest absolute Gasteiger partial charge is 0.371 e. The SMILES string of the molecule is [C-]#[N+][C@H](C)CC1CC[C@@H]2O[C@@H]3C[C@]2(C=C[C@H]3C)O1. The quantitative estimate of drug-likeness (QED) is 0.553. The van der Waals surface area contributed by atoms with E-state index in [0.717, 1.165) is 25.7 Å². The van der Waals surface area contributed by atoms with E-state index in [4.69, 9.17) is 16.0 Å². The number of hydrogen-bond donors (Lipinski definition) is 0. The van der Waals surface area contributed by atoms with Crippen LogP contribution in [0.5, 0.6) is 0 Å². The lowest BCUT2D eigenvalue weighted by molar-refractivity contribution is -0.141. The third-order valence-corrected chi connectivity index (χ3v) is 4.63. The Morgan fingerprint density at radius 1 is 1.50 bits per heavy atom. The van der Waals surface area contributed by atoms with E-state index >= 15 is 0 Å². The molecule has 0 saturated carbocycles. The minimum Gasteiger partial charge on any atom is -0.371 e. The number of ether oxygens (including phenoxy) is 2. The maximum absolute atomic E-state index is 7.07. The second-order valence-electron chi connectivity index (χ2n) is 6.07. The Hall–Kier alpha value is -0.850. The second-order valence-corrected chi connectivity index (χ2v) is 6.07. The molecule has 2 aliphatic heterocycles. The highest BCUT2D eigenvalue weighted by Crippen LogP contribution is 2.48. The molecular formula is C15H21NO2. The Morgan fingerprint density at radius 3 is 3.11 bits per heavy atom. The number of nitrogens with zero attached hydrogens (tertiary/aromatic N) is 1. The molecule has 2 bridgehead atoms. The van der Waals surface area contributed by atoms with Crippen molar-refractivity contribution in [1.29, 1.82) is 0 Å². The van der Waals surface area contributed by atoms with Gasteiger partial charge in [-0.3, -0.25) is 0 Å². The predicted octanol–water partition coefficient (Wildman–Crippen LogP) is 2.97. The van der Waals surface area contributed by atoms with Gasteiger partial charge in [0.2, 0.25) is 6.04 Å². The van der Waals surface area contributed by atoms with Gasteiger partial charge >= 0.3 is 0 Å². The van der Waals surface area contributed by atoms with Crippen molar-refractivity contribution in [3.8, 4) is 0 Å². The highest BCUT2D eigenvalue weighted by molar-refractivity contribution is 5.20. The van der Waals surface area contributed by atoms with E-state index in [-0.39, 0.29) is 23.9 Å². The molecule has 1 aliphatic carbocycles. The molecule has 1 spiro atoms. The molecule has 0 aromatic carbocycles. The summed E-state index contributed by atoms with van der Waals surface area (Å²) in [7, 11) is 0. The lowest BCUT2D eigenvalue weighted by Gasteiger charge is -2.40. The average molecular weight is 247 g/mol. The zero-order chi connectivity index (χ0) is 12.8. The fourth-order valence-corrected chi connectivity index (χ4v) is 3.53. The molecule has 18 heavy (non-hydrogen) atoms. The molecule has 3 nitrogen and oxygen atoms in total. The van der Waals surface area contributed by atoms with Gasteiger partial charge in [-0.05, 0) is 12.8 Å². The average Bonchev–Trinajstić information content (AvgIpc) is 2.68. The van der Waals surface area contributed by atoms with Crippen LogP contribution in [0.2, 0.25) is 0 Å². The van der Waals surface area contributed by atoms with Crippen LogP contribution in [0, 0.1) is 12.5 Å². The van der Waals surface area contributed by atoms with Crippen LogP contribution in [0.25, 0.3) is 4.85 Å². The van der Waals surface area contributed by atoms with Crippen molar-refractivity contribution in [1.82, 2.24) is 0 Å². The molecule has 2 saturated heterocycles. The molecule has 0 aromatic rings. The third kappa shape index (κ3) is 1.88. The first kappa shape index (κ1) is 12.2. The minimum atomic E-state index is -0.179. The van der Waals surface area contributed by atoms with Crippen molar-refractivity contribution < 1.29 is 9.47 Å². The topological polar surface area (TPSA) is 22.8 Å². The van der Waals surface area contributed by atoms with E-state index in [0.29, 0.717) is 12.0 Å². The summed E-state index contributed by atoms with van der Waals surface area (Å²) in [5, 5.41) is 0.